The van der Waals surface area contributed by atoms with Crippen molar-refractivity contribution >= 4 is 12.0 Å². The Morgan fingerprint density at radius 3 is 2.88 bits per heavy atom. The molecule has 1 aromatic rings. The summed E-state index contributed by atoms with van der Waals surface area (Å²) in [5.74, 6) is 1.28. The average Bonchev–Trinajstić information content (AvgIpc) is 2.35. The zero-order valence-corrected chi connectivity index (χ0v) is 9.43. The molecule has 0 unspecified atom stereocenters. The molecule has 0 fully saturated rings. The smallest absolute Gasteiger partial charge is 0.241 e. The highest BCUT2D eigenvalue weighted by Crippen LogP contribution is 2.40. The molecule has 0 aromatic heterocycles. The quantitative estimate of drug-likeness (QED) is 0.792. The number of hydrogen-bond donors (Lipinski definition) is 1. The summed E-state index contributed by atoms with van der Waals surface area (Å²) in [7, 11) is 1.55. The normalized spacial score (nSPS) is 13.7. The molecule has 0 bridgehead atoms. The van der Waals surface area contributed by atoms with Crippen LogP contribution in [0.4, 0.5) is 0 Å². The highest BCUT2D eigenvalue weighted by molar-refractivity contribution is 5.90. The summed E-state index contributed by atoms with van der Waals surface area (Å²) in [6.45, 7) is 0.999. The number of ether oxygens (including phenoxy) is 3. The molecule has 0 saturated heterocycles. The van der Waals surface area contributed by atoms with Crippen molar-refractivity contribution in [3.63, 3.8) is 0 Å². The van der Waals surface area contributed by atoms with Gasteiger partial charge < -0.3 is 19.9 Å². The Labute approximate surface area is 98.8 Å². The molecule has 17 heavy (non-hydrogen) atoms. The number of carbonyl (C=O) groups is 1. The van der Waals surface area contributed by atoms with Gasteiger partial charge >= 0.3 is 0 Å². The summed E-state index contributed by atoms with van der Waals surface area (Å²) in [5.41, 5.74) is 5.80. The summed E-state index contributed by atoms with van der Waals surface area (Å²) in [6, 6.07) is 3.53. The van der Waals surface area contributed by atoms with E-state index in [2.05, 4.69) is 0 Å². The van der Waals surface area contributed by atoms with E-state index in [9.17, 15) is 4.79 Å². The first kappa shape index (κ1) is 11.3. The van der Waals surface area contributed by atoms with Crippen LogP contribution in [-0.4, -0.2) is 26.2 Å². The Balaban J connectivity index is 2.39. The van der Waals surface area contributed by atoms with Crippen molar-refractivity contribution in [2.24, 2.45) is 5.73 Å². The van der Waals surface area contributed by atoms with Crippen molar-refractivity contribution in [1.29, 1.82) is 0 Å². The SMILES string of the molecule is COc1cc(/C=C\C(N)=O)cc2c1OCCO2. The third-order valence-corrected chi connectivity index (χ3v) is 2.29. The maximum absolute atomic E-state index is 10.7. The van der Waals surface area contributed by atoms with Crippen LogP contribution in [0.3, 0.4) is 0 Å². The van der Waals surface area contributed by atoms with Crippen molar-refractivity contribution in [2.45, 2.75) is 0 Å². The second kappa shape index (κ2) is 4.78. The minimum absolute atomic E-state index is 0.499. The fourth-order valence-corrected chi connectivity index (χ4v) is 1.57. The van der Waals surface area contributed by atoms with E-state index >= 15 is 0 Å². The van der Waals surface area contributed by atoms with Crippen LogP contribution in [0.25, 0.3) is 6.08 Å². The average molecular weight is 235 g/mol. The zero-order valence-electron chi connectivity index (χ0n) is 9.43. The molecule has 1 aromatic carbocycles. The minimum atomic E-state index is -0.501. The molecule has 1 heterocycles. The number of primary amides is 1. The van der Waals surface area contributed by atoms with Gasteiger partial charge in [0.1, 0.15) is 13.2 Å². The molecule has 5 nitrogen and oxygen atoms in total. The van der Waals surface area contributed by atoms with Crippen LogP contribution in [-0.2, 0) is 4.79 Å². The lowest BCUT2D eigenvalue weighted by Gasteiger charge is -2.20. The molecule has 1 amide bonds. The van der Waals surface area contributed by atoms with E-state index in [0.29, 0.717) is 30.5 Å². The third kappa shape index (κ3) is 2.50. The lowest BCUT2D eigenvalue weighted by Crippen LogP contribution is -2.16. The summed E-state index contributed by atoms with van der Waals surface area (Å²) >= 11 is 0. The topological polar surface area (TPSA) is 70.8 Å². The first-order chi connectivity index (χ1) is 8.20. The molecule has 90 valence electrons. The molecule has 5 heteroatoms. The number of fused-ring (bicyclic) bond motifs is 1. The number of methoxy groups -OCH3 is 1. The number of hydrogen-bond acceptors (Lipinski definition) is 4. The number of benzene rings is 1. The van der Waals surface area contributed by atoms with Crippen LogP contribution in [0.5, 0.6) is 17.2 Å². The number of rotatable bonds is 3. The van der Waals surface area contributed by atoms with Gasteiger partial charge in [-0.3, -0.25) is 4.79 Å². The number of amides is 1. The van der Waals surface area contributed by atoms with Crippen molar-refractivity contribution in [2.75, 3.05) is 20.3 Å². The van der Waals surface area contributed by atoms with Crippen LogP contribution in [0, 0.1) is 0 Å². The molecule has 0 atom stereocenters. The van der Waals surface area contributed by atoms with Crippen molar-refractivity contribution in [3.8, 4) is 17.2 Å². The molecule has 0 aliphatic carbocycles. The fraction of sp³-hybridized carbons (Fsp3) is 0.250. The van der Waals surface area contributed by atoms with Gasteiger partial charge in [-0.1, -0.05) is 0 Å². The second-order valence-electron chi connectivity index (χ2n) is 3.48. The van der Waals surface area contributed by atoms with E-state index in [4.69, 9.17) is 19.9 Å². The van der Waals surface area contributed by atoms with E-state index in [1.807, 2.05) is 0 Å². The molecule has 1 aliphatic heterocycles. The Morgan fingerprint density at radius 1 is 1.41 bits per heavy atom. The maximum atomic E-state index is 10.7. The first-order valence-electron chi connectivity index (χ1n) is 5.16. The third-order valence-electron chi connectivity index (χ3n) is 2.29. The monoisotopic (exact) mass is 235 g/mol. The molecular formula is C12H13NO4. The predicted octanol–water partition coefficient (Wildman–Crippen LogP) is 0.965. The predicted molar refractivity (Wildman–Crippen MR) is 62.2 cm³/mol. The van der Waals surface area contributed by atoms with Crippen LogP contribution < -0.4 is 19.9 Å². The van der Waals surface area contributed by atoms with Gasteiger partial charge in [-0.2, -0.15) is 0 Å². The van der Waals surface area contributed by atoms with Crippen molar-refractivity contribution in [1.82, 2.24) is 0 Å². The fourth-order valence-electron chi connectivity index (χ4n) is 1.57. The van der Waals surface area contributed by atoms with Gasteiger partial charge in [0.15, 0.2) is 11.5 Å². The van der Waals surface area contributed by atoms with Gasteiger partial charge in [-0.15, -0.1) is 0 Å². The van der Waals surface area contributed by atoms with E-state index in [1.54, 1.807) is 25.3 Å². The minimum Gasteiger partial charge on any atom is -0.493 e. The summed E-state index contributed by atoms with van der Waals surface area (Å²) in [4.78, 5) is 10.7. The number of nitrogens with two attached hydrogens (primary N) is 1. The van der Waals surface area contributed by atoms with Gasteiger partial charge in [-0.25, -0.2) is 0 Å². The van der Waals surface area contributed by atoms with Crippen molar-refractivity contribution < 1.29 is 19.0 Å². The molecule has 0 radical (unpaired) electrons. The van der Waals surface area contributed by atoms with E-state index in [1.165, 1.54) is 6.08 Å². The Morgan fingerprint density at radius 2 is 2.18 bits per heavy atom. The van der Waals surface area contributed by atoms with Crippen LogP contribution in [0.1, 0.15) is 5.56 Å². The maximum Gasteiger partial charge on any atom is 0.241 e. The highest BCUT2D eigenvalue weighted by atomic mass is 16.6. The Hall–Kier alpha value is -2.17. The summed E-state index contributed by atoms with van der Waals surface area (Å²) in [6.07, 6.45) is 2.88. The van der Waals surface area contributed by atoms with Crippen LogP contribution in [0.15, 0.2) is 18.2 Å². The van der Waals surface area contributed by atoms with Gasteiger partial charge in [-0.05, 0) is 23.8 Å². The first-order valence-corrected chi connectivity index (χ1v) is 5.16. The zero-order chi connectivity index (χ0) is 12.3. The molecule has 2 rings (SSSR count). The summed E-state index contributed by atoms with van der Waals surface area (Å²) < 4.78 is 16.1. The van der Waals surface area contributed by atoms with Gasteiger partial charge in [0.25, 0.3) is 0 Å². The van der Waals surface area contributed by atoms with Crippen LogP contribution in [0.2, 0.25) is 0 Å². The molecule has 0 saturated carbocycles. The van der Waals surface area contributed by atoms with Crippen molar-refractivity contribution in [3.05, 3.63) is 23.8 Å². The molecule has 0 spiro atoms. The lowest BCUT2D eigenvalue weighted by atomic mass is 10.1. The Bertz CT molecular complexity index is 451. The molecular weight excluding hydrogens is 222 g/mol. The van der Waals surface area contributed by atoms with Gasteiger partial charge in [0.2, 0.25) is 11.7 Å². The van der Waals surface area contributed by atoms with Crippen LogP contribution >= 0.6 is 0 Å². The largest absolute Gasteiger partial charge is 0.493 e. The second-order valence-corrected chi connectivity index (χ2v) is 3.48. The van der Waals surface area contributed by atoms with Gasteiger partial charge in [0.05, 0.1) is 7.11 Å². The number of carbonyl (C=O) groups excluding carboxylic acids is 1. The van der Waals surface area contributed by atoms with E-state index < -0.39 is 5.91 Å². The summed E-state index contributed by atoms with van der Waals surface area (Å²) in [5, 5.41) is 0. The standard InChI is InChI=1S/C12H13NO4/c1-15-9-6-8(2-3-11(13)14)7-10-12(9)17-5-4-16-10/h2-3,6-7H,4-5H2,1H3,(H2,13,14)/b3-2-. The highest BCUT2D eigenvalue weighted by Gasteiger charge is 2.17. The van der Waals surface area contributed by atoms with E-state index in [0.717, 1.165) is 5.56 Å². The van der Waals surface area contributed by atoms with E-state index in [-0.39, 0.29) is 0 Å². The Kier molecular flexibility index (Phi) is 3.18. The molecule has 2 N–H and O–H groups in total. The van der Waals surface area contributed by atoms with Gasteiger partial charge in [0, 0.05) is 6.08 Å². The molecule has 1 aliphatic rings. The lowest BCUT2D eigenvalue weighted by molar-refractivity contribution is -0.113.